The monoisotopic (exact) mass is 342 g/mol. The van der Waals surface area contributed by atoms with Gasteiger partial charge in [0.15, 0.2) is 0 Å². The van der Waals surface area contributed by atoms with Crippen molar-refractivity contribution in [1.82, 2.24) is 0 Å². The van der Waals surface area contributed by atoms with Crippen LogP contribution in [0, 0.1) is 46.8 Å². The Morgan fingerprint density at radius 1 is 1.00 bits per heavy atom. The van der Waals surface area contributed by atoms with E-state index in [0.717, 1.165) is 23.7 Å². The van der Waals surface area contributed by atoms with Gasteiger partial charge < -0.3 is 4.74 Å². The third kappa shape index (κ3) is 2.18. The number of carbonyl (C=O) groups excluding carboxylic acids is 1. The summed E-state index contributed by atoms with van der Waals surface area (Å²) in [5.41, 5.74) is 0.933. The molecule has 25 heavy (non-hydrogen) atoms. The van der Waals surface area contributed by atoms with Crippen molar-refractivity contribution in [3.8, 4) is 0 Å². The predicted octanol–water partition coefficient (Wildman–Crippen LogP) is 5.37. The summed E-state index contributed by atoms with van der Waals surface area (Å²) in [4.78, 5) is 12.7. The van der Waals surface area contributed by atoms with Crippen molar-refractivity contribution >= 4 is 5.97 Å². The molecular weight excluding hydrogens is 308 g/mol. The minimum atomic E-state index is -0.161. The van der Waals surface area contributed by atoms with Gasteiger partial charge in [-0.1, -0.05) is 20.4 Å². The van der Waals surface area contributed by atoms with Crippen LogP contribution >= 0.6 is 0 Å². The molecule has 6 atom stereocenters. The molecule has 0 heterocycles. The van der Waals surface area contributed by atoms with Crippen molar-refractivity contribution in [2.45, 2.75) is 77.7 Å². The third-order valence-electron chi connectivity index (χ3n) is 9.18. The lowest BCUT2D eigenvalue weighted by Crippen LogP contribution is -2.66. The van der Waals surface area contributed by atoms with Gasteiger partial charge in [0.1, 0.15) is 5.60 Å². The van der Waals surface area contributed by atoms with Gasteiger partial charge in [-0.3, -0.25) is 0 Å². The molecule has 6 saturated carbocycles. The highest BCUT2D eigenvalue weighted by Gasteiger charge is 2.68. The quantitative estimate of drug-likeness (QED) is 0.509. The van der Waals surface area contributed by atoms with E-state index in [1.807, 2.05) is 6.92 Å². The Hall–Kier alpha value is -0.790. The summed E-state index contributed by atoms with van der Waals surface area (Å²) in [7, 11) is 0. The van der Waals surface area contributed by atoms with Crippen molar-refractivity contribution < 1.29 is 9.53 Å². The Morgan fingerprint density at radius 2 is 1.68 bits per heavy atom. The highest BCUT2D eigenvalue weighted by Crippen LogP contribution is 2.70. The van der Waals surface area contributed by atoms with Gasteiger partial charge in [-0.25, -0.2) is 4.79 Å². The van der Waals surface area contributed by atoms with Gasteiger partial charge in [-0.05, 0) is 87.4 Å². The van der Waals surface area contributed by atoms with Gasteiger partial charge in [0.05, 0.1) is 0 Å². The fourth-order valence-corrected chi connectivity index (χ4v) is 8.60. The zero-order valence-corrected chi connectivity index (χ0v) is 16.2. The van der Waals surface area contributed by atoms with Crippen molar-refractivity contribution in [2.24, 2.45) is 46.8 Å². The first kappa shape index (κ1) is 16.4. The highest BCUT2D eigenvalue weighted by atomic mass is 16.6. The molecule has 0 N–H and O–H groups in total. The summed E-state index contributed by atoms with van der Waals surface area (Å²) in [6.45, 7) is 10.7. The Balaban J connectivity index is 1.54. The maximum absolute atomic E-state index is 12.7. The second-order valence-corrected chi connectivity index (χ2v) is 11.0. The minimum Gasteiger partial charge on any atom is -0.455 e. The van der Waals surface area contributed by atoms with Crippen LogP contribution in [-0.2, 0) is 9.53 Å². The summed E-state index contributed by atoms with van der Waals surface area (Å²) in [6, 6.07) is 0. The number of ether oxygens (including phenoxy) is 1. The molecule has 2 heteroatoms. The van der Waals surface area contributed by atoms with Crippen LogP contribution in [-0.4, -0.2) is 11.6 Å². The largest absolute Gasteiger partial charge is 0.455 e. The first-order valence-electron chi connectivity index (χ1n) is 10.7. The fourth-order valence-electron chi connectivity index (χ4n) is 8.60. The third-order valence-corrected chi connectivity index (χ3v) is 9.18. The molecule has 0 spiro atoms. The predicted molar refractivity (Wildman–Crippen MR) is 98.8 cm³/mol. The number of fused-ring (bicyclic) bond motifs is 2. The van der Waals surface area contributed by atoms with E-state index >= 15 is 0 Å². The molecule has 6 unspecified atom stereocenters. The molecule has 6 bridgehead atoms. The van der Waals surface area contributed by atoms with E-state index in [0.29, 0.717) is 28.7 Å². The van der Waals surface area contributed by atoms with E-state index in [2.05, 4.69) is 20.4 Å². The molecule has 6 aliphatic carbocycles. The molecule has 0 aromatic heterocycles. The van der Waals surface area contributed by atoms with E-state index < -0.39 is 0 Å². The molecule has 6 rings (SSSR count). The van der Waals surface area contributed by atoms with Crippen molar-refractivity contribution in [3.05, 3.63) is 12.2 Å². The Kier molecular flexibility index (Phi) is 3.37. The van der Waals surface area contributed by atoms with Crippen LogP contribution in [0.25, 0.3) is 0 Å². The van der Waals surface area contributed by atoms with E-state index in [1.165, 1.54) is 51.4 Å². The van der Waals surface area contributed by atoms with Crippen LogP contribution < -0.4 is 0 Å². The SMILES string of the molecule is C=C(C)C(=O)OC1(C2CC3CC2CC3C)C2CC3CC1CC(C)(C3)C2. The topological polar surface area (TPSA) is 26.3 Å². The van der Waals surface area contributed by atoms with Gasteiger partial charge in [-0.15, -0.1) is 0 Å². The van der Waals surface area contributed by atoms with Gasteiger partial charge in [0.2, 0.25) is 0 Å². The lowest BCUT2D eigenvalue weighted by molar-refractivity contribution is -0.246. The number of hydrogen-bond acceptors (Lipinski definition) is 2. The van der Waals surface area contributed by atoms with Crippen molar-refractivity contribution in [1.29, 1.82) is 0 Å². The van der Waals surface area contributed by atoms with E-state index in [9.17, 15) is 4.79 Å². The molecule has 0 saturated heterocycles. The number of carbonyl (C=O) groups is 1. The normalized spacial score (nSPS) is 55.6. The summed E-state index contributed by atoms with van der Waals surface area (Å²) in [5, 5.41) is 0. The van der Waals surface area contributed by atoms with Gasteiger partial charge >= 0.3 is 5.97 Å². The van der Waals surface area contributed by atoms with E-state index in [1.54, 1.807) is 0 Å². The average Bonchev–Trinajstić information content (AvgIpc) is 3.08. The van der Waals surface area contributed by atoms with Crippen LogP contribution in [0.4, 0.5) is 0 Å². The molecular formula is C23H34O2. The zero-order valence-electron chi connectivity index (χ0n) is 16.2. The lowest BCUT2D eigenvalue weighted by Gasteiger charge is -2.66. The fraction of sp³-hybridized carbons (Fsp3) is 0.870. The summed E-state index contributed by atoms with van der Waals surface area (Å²) >= 11 is 0. The standard InChI is InChI=1S/C23H34O2/c1-13(2)21(24)25-23(20-9-16-8-17(20)5-14(16)3)18-6-15-7-19(23)12-22(4,10-15)11-18/h14-20H,1,5-12H2,2-4H3. The molecule has 6 aliphatic rings. The smallest absolute Gasteiger partial charge is 0.333 e. The second kappa shape index (κ2) is 5.14. The average molecular weight is 343 g/mol. The van der Waals surface area contributed by atoms with Gasteiger partial charge in [0, 0.05) is 23.3 Å². The molecule has 0 amide bonds. The Morgan fingerprint density at radius 3 is 2.16 bits per heavy atom. The Bertz CT molecular complexity index is 602. The first-order valence-corrected chi connectivity index (χ1v) is 10.7. The van der Waals surface area contributed by atoms with Crippen molar-refractivity contribution in [3.63, 3.8) is 0 Å². The minimum absolute atomic E-state index is 0.117. The summed E-state index contributed by atoms with van der Waals surface area (Å²) in [6.07, 6.45) is 10.7. The lowest BCUT2D eigenvalue weighted by atomic mass is 9.42. The molecule has 0 aromatic rings. The van der Waals surface area contributed by atoms with E-state index in [4.69, 9.17) is 4.74 Å². The van der Waals surface area contributed by atoms with Gasteiger partial charge in [0.25, 0.3) is 0 Å². The molecule has 138 valence electrons. The van der Waals surface area contributed by atoms with E-state index in [-0.39, 0.29) is 11.6 Å². The number of hydrogen-bond donors (Lipinski definition) is 0. The molecule has 0 radical (unpaired) electrons. The van der Waals surface area contributed by atoms with Crippen LogP contribution in [0.15, 0.2) is 12.2 Å². The maximum atomic E-state index is 12.7. The van der Waals surface area contributed by atoms with Crippen LogP contribution in [0.1, 0.15) is 72.1 Å². The molecule has 2 nitrogen and oxygen atoms in total. The number of esters is 1. The zero-order chi connectivity index (χ0) is 17.6. The Labute approximate surface area is 152 Å². The molecule has 0 aromatic carbocycles. The van der Waals surface area contributed by atoms with Crippen LogP contribution in [0.3, 0.4) is 0 Å². The highest BCUT2D eigenvalue weighted by molar-refractivity contribution is 5.87. The van der Waals surface area contributed by atoms with Gasteiger partial charge in [-0.2, -0.15) is 0 Å². The number of rotatable bonds is 3. The summed E-state index contributed by atoms with van der Waals surface area (Å²) in [5.74, 6) is 5.15. The van der Waals surface area contributed by atoms with Crippen molar-refractivity contribution in [2.75, 3.05) is 0 Å². The summed E-state index contributed by atoms with van der Waals surface area (Å²) < 4.78 is 6.55. The first-order chi connectivity index (χ1) is 11.8. The second-order valence-electron chi connectivity index (χ2n) is 11.0. The van der Waals surface area contributed by atoms with Crippen LogP contribution in [0.5, 0.6) is 0 Å². The molecule has 0 aliphatic heterocycles. The molecule has 6 fully saturated rings. The van der Waals surface area contributed by atoms with Crippen LogP contribution in [0.2, 0.25) is 0 Å². The maximum Gasteiger partial charge on any atom is 0.333 e.